The maximum Gasteiger partial charge on any atom is 0.274 e. The van der Waals surface area contributed by atoms with Gasteiger partial charge in [-0.2, -0.15) is 0 Å². The number of hydrogen-bond donors (Lipinski definition) is 3. The molecule has 1 unspecified atom stereocenters. The van der Waals surface area contributed by atoms with E-state index in [4.69, 9.17) is 10.6 Å². The van der Waals surface area contributed by atoms with E-state index in [0.29, 0.717) is 5.56 Å². The van der Waals surface area contributed by atoms with Gasteiger partial charge in [0.2, 0.25) is 0 Å². The van der Waals surface area contributed by atoms with Crippen molar-refractivity contribution in [2.24, 2.45) is 5.84 Å². The van der Waals surface area contributed by atoms with E-state index in [-0.39, 0.29) is 22.8 Å². The number of ether oxygens (including phenoxy) is 1. The van der Waals surface area contributed by atoms with E-state index in [1.54, 1.807) is 30.3 Å². The highest BCUT2D eigenvalue weighted by atomic mass is 16.5. The Morgan fingerprint density at radius 1 is 1.18 bits per heavy atom. The second-order valence-electron chi connectivity index (χ2n) is 4.64. The zero-order valence-corrected chi connectivity index (χ0v) is 11.9. The highest BCUT2D eigenvalue weighted by Gasteiger charge is 2.17. The summed E-state index contributed by atoms with van der Waals surface area (Å²) in [6, 6.07) is 12.9. The third kappa shape index (κ3) is 3.42. The molecule has 2 aromatic carbocycles. The summed E-state index contributed by atoms with van der Waals surface area (Å²) in [7, 11) is 0. The molecule has 1 amide bonds. The normalized spacial score (nSPS) is 11.5. The van der Waals surface area contributed by atoms with E-state index >= 15 is 0 Å². The van der Waals surface area contributed by atoms with E-state index < -0.39 is 12.0 Å². The average molecular weight is 300 g/mol. The van der Waals surface area contributed by atoms with Crippen LogP contribution in [0.4, 0.5) is 0 Å². The van der Waals surface area contributed by atoms with Crippen molar-refractivity contribution < 1.29 is 19.4 Å². The molecule has 1 atom stereocenters. The molecule has 0 aliphatic heterocycles. The van der Waals surface area contributed by atoms with Crippen LogP contribution in [0.2, 0.25) is 0 Å². The number of ketones is 1. The SMILES string of the molecule is CC(Oc1ccc(C(=O)c2ccccc2)c(O)c1)C(=O)NN. The second-order valence-corrected chi connectivity index (χ2v) is 4.64. The lowest BCUT2D eigenvalue weighted by molar-refractivity contribution is -0.127. The lowest BCUT2D eigenvalue weighted by atomic mass is 10.0. The summed E-state index contributed by atoms with van der Waals surface area (Å²) in [4.78, 5) is 23.6. The van der Waals surface area contributed by atoms with Crippen LogP contribution in [0.5, 0.6) is 11.5 Å². The number of phenolic OH excluding ortho intramolecular Hbond substituents is 1. The van der Waals surface area contributed by atoms with Crippen molar-refractivity contribution in [3.05, 3.63) is 59.7 Å². The van der Waals surface area contributed by atoms with Gasteiger partial charge in [0.1, 0.15) is 11.5 Å². The summed E-state index contributed by atoms with van der Waals surface area (Å²) < 4.78 is 5.32. The van der Waals surface area contributed by atoms with Crippen molar-refractivity contribution in [2.45, 2.75) is 13.0 Å². The van der Waals surface area contributed by atoms with Crippen molar-refractivity contribution in [1.82, 2.24) is 5.43 Å². The standard InChI is InChI=1S/C16H16N2O4/c1-10(16(21)18-17)22-12-7-8-13(14(19)9-12)15(20)11-5-3-2-4-6-11/h2-10,19H,17H2,1H3,(H,18,21). The fraction of sp³-hybridized carbons (Fsp3) is 0.125. The Morgan fingerprint density at radius 2 is 1.86 bits per heavy atom. The Kier molecular flexibility index (Phi) is 4.75. The van der Waals surface area contributed by atoms with Gasteiger partial charge in [-0.15, -0.1) is 0 Å². The van der Waals surface area contributed by atoms with Crippen LogP contribution in [0, 0.1) is 0 Å². The molecule has 2 aromatic rings. The van der Waals surface area contributed by atoms with Gasteiger partial charge in [0.05, 0.1) is 5.56 Å². The van der Waals surface area contributed by atoms with Gasteiger partial charge in [-0.1, -0.05) is 30.3 Å². The van der Waals surface area contributed by atoms with Gasteiger partial charge in [0.15, 0.2) is 11.9 Å². The Balaban J connectivity index is 2.20. The monoisotopic (exact) mass is 300 g/mol. The van der Waals surface area contributed by atoms with Gasteiger partial charge in [0.25, 0.3) is 5.91 Å². The van der Waals surface area contributed by atoms with Crippen LogP contribution in [0.3, 0.4) is 0 Å². The molecule has 0 saturated heterocycles. The molecule has 2 rings (SSSR count). The number of aromatic hydroxyl groups is 1. The average Bonchev–Trinajstić information content (AvgIpc) is 2.54. The summed E-state index contributed by atoms with van der Waals surface area (Å²) in [5, 5.41) is 10.0. The van der Waals surface area contributed by atoms with Gasteiger partial charge < -0.3 is 9.84 Å². The molecule has 22 heavy (non-hydrogen) atoms. The van der Waals surface area contributed by atoms with E-state index in [0.717, 1.165) is 0 Å². The maximum atomic E-state index is 12.3. The number of benzene rings is 2. The molecular formula is C16H16N2O4. The Hall–Kier alpha value is -2.86. The summed E-state index contributed by atoms with van der Waals surface area (Å²) in [5.41, 5.74) is 2.61. The number of nitrogens with two attached hydrogens (primary N) is 1. The molecule has 0 fully saturated rings. The first kappa shape index (κ1) is 15.5. The molecule has 0 bridgehead atoms. The summed E-state index contributed by atoms with van der Waals surface area (Å²) in [6.07, 6.45) is -0.819. The lowest BCUT2D eigenvalue weighted by Gasteiger charge is -2.14. The van der Waals surface area contributed by atoms with Crippen molar-refractivity contribution in [3.63, 3.8) is 0 Å². The first-order chi connectivity index (χ1) is 10.5. The van der Waals surface area contributed by atoms with Gasteiger partial charge in [0, 0.05) is 11.6 Å². The highest BCUT2D eigenvalue weighted by Crippen LogP contribution is 2.26. The Bertz CT molecular complexity index is 686. The number of hydrazine groups is 1. The maximum absolute atomic E-state index is 12.3. The summed E-state index contributed by atoms with van der Waals surface area (Å²) in [5.74, 6) is 4.27. The molecule has 0 saturated carbocycles. The van der Waals surface area contributed by atoms with Crippen LogP contribution in [-0.2, 0) is 4.79 Å². The van der Waals surface area contributed by atoms with Gasteiger partial charge in [-0.25, -0.2) is 5.84 Å². The molecular weight excluding hydrogens is 284 g/mol. The number of hydrogen-bond acceptors (Lipinski definition) is 5. The van der Waals surface area contributed by atoms with E-state index in [1.807, 2.05) is 5.43 Å². The van der Waals surface area contributed by atoms with Crippen LogP contribution < -0.4 is 16.0 Å². The highest BCUT2D eigenvalue weighted by molar-refractivity contribution is 6.10. The van der Waals surface area contributed by atoms with Crippen molar-refractivity contribution in [1.29, 1.82) is 0 Å². The molecule has 0 aliphatic carbocycles. The predicted molar refractivity (Wildman–Crippen MR) is 80.4 cm³/mol. The van der Waals surface area contributed by atoms with Gasteiger partial charge in [-0.05, 0) is 19.1 Å². The number of phenols is 1. The molecule has 4 N–H and O–H groups in total. The summed E-state index contributed by atoms with van der Waals surface area (Å²) in [6.45, 7) is 1.52. The fourth-order valence-electron chi connectivity index (χ4n) is 1.90. The second kappa shape index (κ2) is 6.73. The van der Waals surface area contributed by atoms with Crippen LogP contribution in [0.25, 0.3) is 0 Å². The number of nitrogens with one attached hydrogen (secondary N) is 1. The topological polar surface area (TPSA) is 102 Å². The van der Waals surface area contributed by atoms with E-state index in [2.05, 4.69) is 0 Å². The number of carbonyl (C=O) groups excluding carboxylic acids is 2. The largest absolute Gasteiger partial charge is 0.507 e. The molecule has 0 aliphatic rings. The molecule has 114 valence electrons. The zero-order valence-electron chi connectivity index (χ0n) is 11.9. The first-order valence-corrected chi connectivity index (χ1v) is 6.63. The molecule has 6 nitrogen and oxygen atoms in total. The molecule has 6 heteroatoms. The molecule has 0 aromatic heterocycles. The molecule has 0 heterocycles. The lowest BCUT2D eigenvalue weighted by Crippen LogP contribution is -2.40. The first-order valence-electron chi connectivity index (χ1n) is 6.63. The van der Waals surface area contributed by atoms with Crippen LogP contribution >= 0.6 is 0 Å². The van der Waals surface area contributed by atoms with Crippen molar-refractivity contribution >= 4 is 11.7 Å². The zero-order chi connectivity index (χ0) is 16.1. The van der Waals surface area contributed by atoms with Crippen LogP contribution in [-0.4, -0.2) is 22.9 Å². The minimum Gasteiger partial charge on any atom is -0.507 e. The third-order valence-corrected chi connectivity index (χ3v) is 3.07. The van der Waals surface area contributed by atoms with Crippen LogP contribution in [0.1, 0.15) is 22.8 Å². The smallest absolute Gasteiger partial charge is 0.274 e. The minimum atomic E-state index is -0.819. The predicted octanol–water partition coefficient (Wildman–Crippen LogP) is 1.38. The van der Waals surface area contributed by atoms with Crippen LogP contribution in [0.15, 0.2) is 48.5 Å². The third-order valence-electron chi connectivity index (χ3n) is 3.07. The number of rotatable bonds is 5. The van der Waals surface area contributed by atoms with E-state index in [1.165, 1.54) is 25.1 Å². The van der Waals surface area contributed by atoms with Gasteiger partial charge >= 0.3 is 0 Å². The number of carbonyl (C=O) groups is 2. The molecule has 0 radical (unpaired) electrons. The Morgan fingerprint density at radius 3 is 2.45 bits per heavy atom. The Labute approximate surface area is 127 Å². The minimum absolute atomic E-state index is 0.162. The van der Waals surface area contributed by atoms with Gasteiger partial charge in [-0.3, -0.25) is 15.0 Å². The van der Waals surface area contributed by atoms with E-state index in [9.17, 15) is 14.7 Å². The molecule has 0 spiro atoms. The van der Waals surface area contributed by atoms with Crippen molar-refractivity contribution in [2.75, 3.05) is 0 Å². The quantitative estimate of drug-likeness (QED) is 0.335. The van der Waals surface area contributed by atoms with Crippen molar-refractivity contribution in [3.8, 4) is 11.5 Å². The summed E-state index contributed by atoms with van der Waals surface area (Å²) >= 11 is 0. The number of amides is 1. The fourth-order valence-corrected chi connectivity index (χ4v) is 1.90.